The van der Waals surface area contributed by atoms with E-state index in [1.54, 1.807) is 25.3 Å². The summed E-state index contributed by atoms with van der Waals surface area (Å²) in [6.45, 7) is 8.48. The van der Waals surface area contributed by atoms with Gasteiger partial charge in [-0.15, -0.1) is 0 Å². The molecule has 53 heavy (non-hydrogen) atoms. The second-order valence-corrected chi connectivity index (χ2v) is 16.9. The fourth-order valence-corrected chi connectivity index (χ4v) is 10.6. The third-order valence-electron chi connectivity index (χ3n) is 13.3. The lowest BCUT2D eigenvalue weighted by Crippen LogP contribution is -2.61. The zero-order valence-electron chi connectivity index (χ0n) is 31.1. The molecule has 0 amide bonds. The summed E-state index contributed by atoms with van der Waals surface area (Å²) in [6.07, 6.45) is 12.9. The maximum atomic E-state index is 17.2. The summed E-state index contributed by atoms with van der Waals surface area (Å²) in [6, 6.07) is 10.4. The first-order valence-electron chi connectivity index (χ1n) is 19.8. The van der Waals surface area contributed by atoms with Crippen molar-refractivity contribution in [3.8, 4) is 23.0 Å². The van der Waals surface area contributed by atoms with Crippen molar-refractivity contribution in [2.24, 2.45) is 10.8 Å². The molecule has 9 rings (SSSR count). The largest absolute Gasteiger partial charge is 0.508 e. The number of phenolic OH excluding ortho intramolecular Hbond substituents is 1. The molecule has 2 N–H and O–H groups in total. The van der Waals surface area contributed by atoms with E-state index in [9.17, 15) is 10.2 Å². The number of β-amino-alcohol motifs (C(OH)–C–C–N with tert-alkyl or cyclic N) is 1. The van der Waals surface area contributed by atoms with Gasteiger partial charge in [0.25, 0.3) is 0 Å². The Kier molecular flexibility index (Phi) is 8.99. The summed E-state index contributed by atoms with van der Waals surface area (Å²) < 4.78 is 35.3. The molecule has 4 aromatic rings. The minimum Gasteiger partial charge on any atom is -0.508 e. The van der Waals surface area contributed by atoms with Crippen LogP contribution in [0.15, 0.2) is 36.5 Å². The Morgan fingerprint density at radius 2 is 1.85 bits per heavy atom. The van der Waals surface area contributed by atoms with Crippen LogP contribution >= 0.6 is 0 Å². The number of aryl methyl sites for hydroxylation is 1. The van der Waals surface area contributed by atoms with Crippen LogP contribution in [0.3, 0.4) is 0 Å². The van der Waals surface area contributed by atoms with Gasteiger partial charge in [0.05, 0.1) is 31.8 Å². The molecule has 2 saturated carbocycles. The average Bonchev–Trinajstić information content (AvgIpc) is 3.50. The molecule has 1 spiro atoms. The highest BCUT2D eigenvalue weighted by atomic mass is 19.1. The van der Waals surface area contributed by atoms with E-state index in [1.807, 2.05) is 23.1 Å². The van der Waals surface area contributed by atoms with E-state index in [-0.39, 0.29) is 41.5 Å². The Morgan fingerprint density at radius 3 is 2.68 bits per heavy atom. The van der Waals surface area contributed by atoms with Crippen LogP contribution in [0.4, 0.5) is 10.2 Å². The molecule has 10 nitrogen and oxygen atoms in total. The minimum atomic E-state index is -1.13. The second-order valence-electron chi connectivity index (χ2n) is 16.9. The van der Waals surface area contributed by atoms with E-state index in [4.69, 9.17) is 24.2 Å². The Hall–Kier alpha value is -3.64. The first kappa shape index (κ1) is 35.1. The summed E-state index contributed by atoms with van der Waals surface area (Å²) in [5.74, 6) is -0.0944. The predicted octanol–water partition coefficient (Wildman–Crippen LogP) is 6.81. The molecule has 3 atom stereocenters. The van der Waals surface area contributed by atoms with Crippen LogP contribution in [0.25, 0.3) is 32.9 Å². The molecule has 3 unspecified atom stereocenters. The standard InChI is InChI=1S/C42H52FN5O5/c1-3-27-7-4-8-28-19-30(49)20-31(34(27)28)36-35(43)37-32(23-44-36)38(47-15-18-52-25-40(2,50)24-47)46-39(45-37)53-26-42-10-5-9-33(42)48(14-6-11-42)29-21-41(22-29)12-16-51-17-13-41/h4,7-8,19-20,23,29,33,49-50H,3,5-6,9-18,21-22,24-26H2,1-2H3. The molecule has 2 aliphatic carbocycles. The number of anilines is 1. The molecule has 5 aliphatic rings. The van der Waals surface area contributed by atoms with Crippen molar-refractivity contribution in [2.75, 3.05) is 57.6 Å². The van der Waals surface area contributed by atoms with E-state index in [0.717, 1.165) is 61.8 Å². The number of hydrogen-bond acceptors (Lipinski definition) is 10. The summed E-state index contributed by atoms with van der Waals surface area (Å²) >= 11 is 0. The van der Waals surface area contributed by atoms with Crippen molar-refractivity contribution < 1.29 is 28.8 Å². The lowest BCUT2D eigenvalue weighted by atomic mass is 9.60. The van der Waals surface area contributed by atoms with Crippen LogP contribution in [-0.4, -0.2) is 100 Å². The van der Waals surface area contributed by atoms with Gasteiger partial charge in [0.1, 0.15) is 28.4 Å². The number of hydrogen-bond donors (Lipinski definition) is 2. The maximum Gasteiger partial charge on any atom is 0.319 e. The van der Waals surface area contributed by atoms with Crippen LogP contribution in [-0.2, 0) is 15.9 Å². The summed E-state index contributed by atoms with van der Waals surface area (Å²) in [5.41, 5.74) is 1.09. The van der Waals surface area contributed by atoms with E-state index < -0.39 is 11.4 Å². The van der Waals surface area contributed by atoms with Crippen molar-refractivity contribution in [1.29, 1.82) is 0 Å². The van der Waals surface area contributed by atoms with Gasteiger partial charge in [-0.2, -0.15) is 9.97 Å². The Balaban J connectivity index is 1.08. The minimum absolute atomic E-state index is 0.00570. The quantitative estimate of drug-likeness (QED) is 0.211. The van der Waals surface area contributed by atoms with Crippen molar-refractivity contribution in [2.45, 2.75) is 95.7 Å². The lowest BCUT2D eigenvalue weighted by Gasteiger charge is -2.58. The van der Waals surface area contributed by atoms with Crippen molar-refractivity contribution in [1.82, 2.24) is 19.9 Å². The van der Waals surface area contributed by atoms with Gasteiger partial charge in [0, 0.05) is 49.0 Å². The van der Waals surface area contributed by atoms with Gasteiger partial charge in [-0.25, -0.2) is 4.39 Å². The van der Waals surface area contributed by atoms with E-state index in [0.29, 0.717) is 54.0 Å². The first-order valence-corrected chi connectivity index (χ1v) is 19.8. The SMILES string of the molecule is CCc1cccc2cc(O)cc(-c3ncc4c(N5CCOCC(C)(O)C5)nc(OCC56CCCC5N(C5CC7(CCOCC7)C5)CCC6)nc4c3F)c12. The molecule has 11 heteroatoms. The molecule has 3 aliphatic heterocycles. The molecular formula is C42H52FN5O5. The number of piperidine rings is 1. The summed E-state index contributed by atoms with van der Waals surface area (Å²) in [4.78, 5) is 19.2. The highest BCUT2D eigenvalue weighted by molar-refractivity contribution is 6.01. The van der Waals surface area contributed by atoms with Gasteiger partial charge < -0.3 is 29.3 Å². The fourth-order valence-electron chi connectivity index (χ4n) is 10.6. The Bertz CT molecular complexity index is 2010. The number of rotatable bonds is 7. The molecule has 5 fully saturated rings. The van der Waals surface area contributed by atoms with Gasteiger partial charge >= 0.3 is 6.01 Å². The maximum absolute atomic E-state index is 17.2. The van der Waals surface area contributed by atoms with Crippen molar-refractivity contribution >= 4 is 27.5 Å². The number of phenols is 1. The highest BCUT2D eigenvalue weighted by Gasteiger charge is 2.54. The lowest BCUT2D eigenvalue weighted by molar-refractivity contribution is -0.112. The van der Waals surface area contributed by atoms with Crippen LogP contribution in [0.1, 0.15) is 77.2 Å². The number of aromatic hydroxyl groups is 1. The number of benzene rings is 2. The van der Waals surface area contributed by atoms with Gasteiger partial charge in [0.2, 0.25) is 0 Å². The number of pyridine rings is 1. The predicted molar refractivity (Wildman–Crippen MR) is 202 cm³/mol. The summed E-state index contributed by atoms with van der Waals surface area (Å²) in [5, 5.41) is 24.0. The first-order chi connectivity index (χ1) is 25.7. The molecule has 282 valence electrons. The zero-order valence-corrected chi connectivity index (χ0v) is 31.1. The van der Waals surface area contributed by atoms with Crippen LogP contribution in [0, 0.1) is 16.6 Å². The molecule has 2 aromatic carbocycles. The molecule has 5 heterocycles. The van der Waals surface area contributed by atoms with Crippen LogP contribution in [0.5, 0.6) is 11.8 Å². The Labute approximate surface area is 310 Å². The number of fused-ring (bicyclic) bond motifs is 3. The number of nitrogens with zero attached hydrogens (tertiary/aromatic N) is 5. The number of aromatic nitrogens is 3. The Morgan fingerprint density at radius 1 is 1.02 bits per heavy atom. The van der Waals surface area contributed by atoms with Crippen molar-refractivity contribution in [3.05, 3.63) is 47.9 Å². The van der Waals surface area contributed by atoms with Crippen LogP contribution < -0.4 is 9.64 Å². The zero-order chi connectivity index (χ0) is 36.4. The summed E-state index contributed by atoms with van der Waals surface area (Å²) in [7, 11) is 0. The fraction of sp³-hybridized carbons (Fsp3) is 0.595. The van der Waals surface area contributed by atoms with Gasteiger partial charge in [0.15, 0.2) is 5.82 Å². The van der Waals surface area contributed by atoms with Gasteiger partial charge in [-0.05, 0) is 105 Å². The molecular weight excluding hydrogens is 673 g/mol. The normalized spacial score (nSPS) is 27.9. The molecule has 0 radical (unpaired) electrons. The number of halogens is 1. The third kappa shape index (κ3) is 6.31. The number of ether oxygens (including phenoxy) is 3. The van der Waals surface area contributed by atoms with Crippen molar-refractivity contribution in [3.63, 3.8) is 0 Å². The van der Waals surface area contributed by atoms with Crippen LogP contribution in [0.2, 0.25) is 0 Å². The topological polar surface area (TPSA) is 113 Å². The average molecular weight is 726 g/mol. The number of likely N-dealkylation sites (tertiary alicyclic amines) is 1. The molecule has 0 bridgehead atoms. The monoisotopic (exact) mass is 725 g/mol. The number of aliphatic hydroxyl groups is 1. The highest BCUT2D eigenvalue weighted by Crippen LogP contribution is 2.55. The molecule has 3 saturated heterocycles. The smallest absolute Gasteiger partial charge is 0.319 e. The molecule has 2 aromatic heterocycles. The van der Waals surface area contributed by atoms with E-state index in [1.165, 1.54) is 38.5 Å². The third-order valence-corrected chi connectivity index (χ3v) is 13.3. The van der Waals surface area contributed by atoms with Gasteiger partial charge in [-0.3, -0.25) is 9.88 Å². The second kappa shape index (κ2) is 13.6. The van der Waals surface area contributed by atoms with Gasteiger partial charge in [-0.1, -0.05) is 31.5 Å². The van der Waals surface area contributed by atoms with E-state index >= 15 is 4.39 Å². The van der Waals surface area contributed by atoms with E-state index in [2.05, 4.69) is 16.8 Å².